The molecule has 1 N–H and O–H groups in total. The van der Waals surface area contributed by atoms with Crippen molar-refractivity contribution >= 4 is 5.97 Å². The van der Waals surface area contributed by atoms with Gasteiger partial charge in [-0.1, -0.05) is 51.2 Å². The molecule has 17 heavy (non-hydrogen) atoms. The van der Waals surface area contributed by atoms with Crippen LogP contribution in [0.4, 0.5) is 0 Å². The van der Waals surface area contributed by atoms with Gasteiger partial charge in [-0.05, 0) is 32.3 Å². The third kappa shape index (κ3) is 8.73. The zero-order chi connectivity index (χ0) is 13.1. The van der Waals surface area contributed by atoms with Crippen molar-refractivity contribution in [3.05, 3.63) is 23.3 Å². The Morgan fingerprint density at radius 2 is 1.65 bits per heavy atom. The van der Waals surface area contributed by atoms with Gasteiger partial charge in [0.1, 0.15) is 0 Å². The molecule has 0 heterocycles. The molecule has 0 bridgehead atoms. The van der Waals surface area contributed by atoms with Crippen LogP contribution < -0.4 is 0 Å². The first-order valence-corrected chi connectivity index (χ1v) is 6.67. The molecule has 0 atom stereocenters. The van der Waals surface area contributed by atoms with Crippen molar-refractivity contribution in [3.63, 3.8) is 0 Å². The Morgan fingerprint density at radius 1 is 1.06 bits per heavy atom. The van der Waals surface area contributed by atoms with E-state index in [2.05, 4.69) is 13.0 Å². The SMILES string of the molecule is CCCCCCCC/C=C/C(C)=C(\C)C(=O)O. The fourth-order valence-corrected chi connectivity index (χ4v) is 1.60. The molecule has 0 unspecified atom stereocenters. The minimum absolute atomic E-state index is 0.434. The summed E-state index contributed by atoms with van der Waals surface area (Å²) in [7, 11) is 0. The predicted octanol–water partition coefficient (Wildman–Crippen LogP) is 4.71. The highest BCUT2D eigenvalue weighted by Crippen LogP contribution is 2.09. The average molecular weight is 238 g/mol. The van der Waals surface area contributed by atoms with Crippen LogP contribution in [0.2, 0.25) is 0 Å². The van der Waals surface area contributed by atoms with Gasteiger partial charge in [0.2, 0.25) is 0 Å². The van der Waals surface area contributed by atoms with Crippen LogP contribution in [0.5, 0.6) is 0 Å². The molecule has 0 saturated heterocycles. The molecule has 0 amide bonds. The van der Waals surface area contributed by atoms with Crippen LogP contribution in [0.25, 0.3) is 0 Å². The van der Waals surface area contributed by atoms with Crippen molar-refractivity contribution in [2.45, 2.75) is 65.7 Å². The molecule has 0 rings (SSSR count). The zero-order valence-corrected chi connectivity index (χ0v) is 11.5. The molecule has 0 radical (unpaired) electrons. The topological polar surface area (TPSA) is 37.3 Å². The predicted molar refractivity (Wildman–Crippen MR) is 73.1 cm³/mol. The molecule has 0 spiro atoms. The maximum atomic E-state index is 10.7. The van der Waals surface area contributed by atoms with Gasteiger partial charge in [0.25, 0.3) is 0 Å². The van der Waals surface area contributed by atoms with Crippen LogP contribution in [0, 0.1) is 0 Å². The van der Waals surface area contributed by atoms with E-state index in [1.807, 2.05) is 13.0 Å². The van der Waals surface area contributed by atoms with Crippen molar-refractivity contribution < 1.29 is 9.90 Å². The van der Waals surface area contributed by atoms with E-state index in [1.54, 1.807) is 6.92 Å². The normalized spacial score (nSPS) is 12.9. The van der Waals surface area contributed by atoms with Gasteiger partial charge in [-0.2, -0.15) is 0 Å². The minimum Gasteiger partial charge on any atom is -0.478 e. The number of allylic oxidation sites excluding steroid dienone is 3. The second kappa shape index (κ2) is 10.1. The Labute approximate surface area is 105 Å². The third-order valence-electron chi connectivity index (χ3n) is 3.00. The molecule has 2 heteroatoms. The summed E-state index contributed by atoms with van der Waals surface area (Å²) in [5, 5.41) is 8.78. The summed E-state index contributed by atoms with van der Waals surface area (Å²) in [5.74, 6) is -0.827. The van der Waals surface area contributed by atoms with Gasteiger partial charge in [-0.25, -0.2) is 4.79 Å². The number of hydrogen-bond donors (Lipinski definition) is 1. The lowest BCUT2D eigenvalue weighted by Gasteiger charge is -1.99. The summed E-state index contributed by atoms with van der Waals surface area (Å²) in [5.41, 5.74) is 1.28. The third-order valence-corrected chi connectivity index (χ3v) is 3.00. The molecule has 0 aliphatic carbocycles. The van der Waals surface area contributed by atoms with Crippen LogP contribution >= 0.6 is 0 Å². The number of unbranched alkanes of at least 4 members (excludes halogenated alkanes) is 6. The molecular weight excluding hydrogens is 212 g/mol. The maximum Gasteiger partial charge on any atom is 0.331 e. The lowest BCUT2D eigenvalue weighted by Crippen LogP contribution is -1.97. The fourth-order valence-electron chi connectivity index (χ4n) is 1.60. The standard InChI is InChI=1S/C15H26O2/c1-4-5-6-7-8-9-10-11-12-13(2)14(3)15(16)17/h11-12H,4-10H2,1-3H3,(H,16,17)/b12-11+,14-13+. The van der Waals surface area contributed by atoms with E-state index in [-0.39, 0.29) is 0 Å². The molecule has 0 aliphatic rings. The van der Waals surface area contributed by atoms with E-state index in [0.717, 1.165) is 12.0 Å². The minimum atomic E-state index is -0.827. The van der Waals surface area contributed by atoms with Crippen molar-refractivity contribution in [3.8, 4) is 0 Å². The number of rotatable bonds is 9. The van der Waals surface area contributed by atoms with E-state index in [0.29, 0.717) is 5.57 Å². The van der Waals surface area contributed by atoms with Gasteiger partial charge in [-0.15, -0.1) is 0 Å². The molecule has 98 valence electrons. The number of hydrogen-bond acceptors (Lipinski definition) is 1. The van der Waals surface area contributed by atoms with Crippen LogP contribution in [0.1, 0.15) is 65.7 Å². The Bertz CT molecular complexity index is 275. The first kappa shape index (κ1) is 16.0. The number of carbonyl (C=O) groups is 1. The molecule has 0 fully saturated rings. The quantitative estimate of drug-likeness (QED) is 0.359. The van der Waals surface area contributed by atoms with E-state index in [1.165, 1.54) is 38.5 Å². The van der Waals surface area contributed by atoms with Gasteiger partial charge in [0.15, 0.2) is 0 Å². The highest BCUT2D eigenvalue weighted by Gasteiger charge is 2.01. The number of carboxylic acid groups (broad SMARTS) is 1. The zero-order valence-electron chi connectivity index (χ0n) is 11.5. The van der Waals surface area contributed by atoms with Gasteiger partial charge < -0.3 is 5.11 Å². The summed E-state index contributed by atoms with van der Waals surface area (Å²) in [6.45, 7) is 5.72. The second-order valence-electron chi connectivity index (χ2n) is 4.57. The number of carboxylic acids is 1. The lowest BCUT2D eigenvalue weighted by molar-refractivity contribution is -0.132. The van der Waals surface area contributed by atoms with E-state index < -0.39 is 5.97 Å². The van der Waals surface area contributed by atoms with E-state index >= 15 is 0 Å². The molecule has 2 nitrogen and oxygen atoms in total. The van der Waals surface area contributed by atoms with Gasteiger partial charge in [0.05, 0.1) is 0 Å². The first-order valence-electron chi connectivity index (χ1n) is 6.67. The highest BCUT2D eigenvalue weighted by atomic mass is 16.4. The molecule has 0 aliphatic heterocycles. The van der Waals surface area contributed by atoms with Crippen molar-refractivity contribution in [2.24, 2.45) is 0 Å². The van der Waals surface area contributed by atoms with Crippen molar-refractivity contribution in [1.29, 1.82) is 0 Å². The summed E-state index contributed by atoms with van der Waals surface area (Å²) >= 11 is 0. The van der Waals surface area contributed by atoms with Gasteiger partial charge >= 0.3 is 5.97 Å². The second-order valence-corrected chi connectivity index (χ2v) is 4.57. The molecule has 0 aromatic rings. The lowest BCUT2D eigenvalue weighted by atomic mass is 10.1. The Morgan fingerprint density at radius 3 is 2.24 bits per heavy atom. The molecule has 0 aromatic heterocycles. The van der Waals surface area contributed by atoms with E-state index in [9.17, 15) is 4.79 Å². The fraction of sp³-hybridized carbons (Fsp3) is 0.667. The Hall–Kier alpha value is -1.05. The van der Waals surface area contributed by atoms with Crippen LogP contribution in [-0.2, 0) is 4.79 Å². The van der Waals surface area contributed by atoms with E-state index in [4.69, 9.17) is 5.11 Å². The first-order chi connectivity index (χ1) is 8.09. The molecule has 0 saturated carbocycles. The molecule has 0 aromatic carbocycles. The largest absolute Gasteiger partial charge is 0.478 e. The van der Waals surface area contributed by atoms with Crippen molar-refractivity contribution in [2.75, 3.05) is 0 Å². The maximum absolute atomic E-state index is 10.7. The van der Waals surface area contributed by atoms with Crippen LogP contribution in [-0.4, -0.2) is 11.1 Å². The average Bonchev–Trinajstić information content (AvgIpc) is 2.31. The number of aliphatic carboxylic acids is 1. The van der Waals surface area contributed by atoms with Gasteiger partial charge in [0, 0.05) is 5.57 Å². The Kier molecular flexibility index (Phi) is 9.50. The van der Waals surface area contributed by atoms with Gasteiger partial charge in [-0.3, -0.25) is 0 Å². The summed E-state index contributed by atoms with van der Waals surface area (Å²) in [4.78, 5) is 10.7. The smallest absolute Gasteiger partial charge is 0.331 e. The molecular formula is C15H26O2. The van der Waals surface area contributed by atoms with Crippen LogP contribution in [0.15, 0.2) is 23.3 Å². The monoisotopic (exact) mass is 238 g/mol. The van der Waals surface area contributed by atoms with Crippen LogP contribution in [0.3, 0.4) is 0 Å². The van der Waals surface area contributed by atoms with Crippen molar-refractivity contribution in [1.82, 2.24) is 0 Å². The highest BCUT2D eigenvalue weighted by molar-refractivity contribution is 5.87. The Balaban J connectivity index is 3.67. The summed E-state index contributed by atoms with van der Waals surface area (Å²) in [6.07, 6.45) is 12.9. The summed E-state index contributed by atoms with van der Waals surface area (Å²) < 4.78 is 0. The summed E-state index contributed by atoms with van der Waals surface area (Å²) in [6, 6.07) is 0.